The van der Waals surface area contributed by atoms with Crippen molar-refractivity contribution in [3.63, 3.8) is 0 Å². The van der Waals surface area contributed by atoms with Crippen LogP contribution in [-0.4, -0.2) is 0 Å². The first-order chi connectivity index (χ1) is 10.2. The van der Waals surface area contributed by atoms with Crippen LogP contribution in [0.25, 0.3) is 0 Å². The van der Waals surface area contributed by atoms with E-state index in [4.69, 9.17) is 23.2 Å². The molecule has 0 nitrogen and oxygen atoms in total. The molecule has 0 radical (unpaired) electrons. The summed E-state index contributed by atoms with van der Waals surface area (Å²) in [6.07, 6.45) is 0. The fourth-order valence-electron chi connectivity index (χ4n) is 2.07. The molecule has 0 saturated heterocycles. The van der Waals surface area contributed by atoms with Crippen molar-refractivity contribution in [2.75, 3.05) is 0 Å². The molecule has 0 N–H and O–H groups in total. The van der Waals surface area contributed by atoms with Crippen LogP contribution in [0.15, 0.2) is 36.4 Å². The number of benzene rings is 2. The molecule has 2 aromatic carbocycles. The van der Waals surface area contributed by atoms with Gasteiger partial charge in [0.1, 0.15) is 5.82 Å². The van der Waals surface area contributed by atoms with Crippen molar-refractivity contribution in [1.29, 1.82) is 0 Å². The molecule has 3 heteroatoms. The average Bonchev–Trinajstić information content (AvgIpc) is 2.44. The Morgan fingerprint density at radius 2 is 1.45 bits per heavy atom. The fourth-order valence-corrected chi connectivity index (χ4v) is 2.60. The minimum Gasteiger partial charge on any atom is -0.207 e. The summed E-state index contributed by atoms with van der Waals surface area (Å²) in [5.41, 5.74) is 3.09. The molecule has 0 aromatic heterocycles. The van der Waals surface area contributed by atoms with E-state index in [9.17, 15) is 4.39 Å². The van der Waals surface area contributed by atoms with Gasteiger partial charge >= 0.3 is 0 Å². The Morgan fingerprint density at radius 1 is 0.864 bits per heavy atom. The molecule has 0 amide bonds. The van der Waals surface area contributed by atoms with Crippen LogP contribution in [-0.2, 0) is 0 Å². The standard InChI is InChI=1S/C10H13Cl.C9H10ClF/c1-7(2)9-6-4-5-8(3)10(9)11;1-6(2)8-5-7(10)3-4-9(8)11/h4-7H,1-3H3;3-6H,1-2H3. The zero-order valence-corrected chi connectivity index (χ0v) is 15.3. The van der Waals surface area contributed by atoms with Crippen molar-refractivity contribution >= 4 is 23.2 Å². The van der Waals surface area contributed by atoms with Crippen molar-refractivity contribution in [1.82, 2.24) is 0 Å². The summed E-state index contributed by atoms with van der Waals surface area (Å²) in [6, 6.07) is 10.8. The molecule has 0 saturated carbocycles. The number of hydrogen-bond donors (Lipinski definition) is 0. The van der Waals surface area contributed by atoms with Crippen molar-refractivity contribution in [2.24, 2.45) is 0 Å². The maximum atomic E-state index is 13.0. The molecular formula is C19H23Cl2F. The summed E-state index contributed by atoms with van der Waals surface area (Å²) < 4.78 is 13.0. The van der Waals surface area contributed by atoms with Crippen LogP contribution >= 0.6 is 23.2 Å². The van der Waals surface area contributed by atoms with E-state index < -0.39 is 0 Å². The molecule has 0 unspecified atom stereocenters. The number of aryl methyl sites for hydroxylation is 1. The van der Waals surface area contributed by atoms with Crippen LogP contribution in [0, 0.1) is 12.7 Å². The highest BCUT2D eigenvalue weighted by Gasteiger charge is 2.06. The lowest BCUT2D eigenvalue weighted by atomic mass is 10.0. The topological polar surface area (TPSA) is 0 Å². The Morgan fingerprint density at radius 3 is 1.91 bits per heavy atom. The van der Waals surface area contributed by atoms with Gasteiger partial charge in [0.05, 0.1) is 0 Å². The molecule has 0 bridgehead atoms. The van der Waals surface area contributed by atoms with Gasteiger partial charge in [-0.2, -0.15) is 0 Å². The lowest BCUT2D eigenvalue weighted by Gasteiger charge is -2.08. The first-order valence-electron chi connectivity index (χ1n) is 7.44. The zero-order valence-electron chi connectivity index (χ0n) is 13.8. The van der Waals surface area contributed by atoms with Gasteiger partial charge in [-0.25, -0.2) is 4.39 Å². The number of halogens is 3. The van der Waals surface area contributed by atoms with Gasteiger partial charge in [0.2, 0.25) is 0 Å². The van der Waals surface area contributed by atoms with E-state index in [2.05, 4.69) is 26.0 Å². The summed E-state index contributed by atoms with van der Waals surface area (Å²) in [5.74, 6) is 0.528. The summed E-state index contributed by atoms with van der Waals surface area (Å²) in [6.45, 7) is 10.2. The highest BCUT2D eigenvalue weighted by molar-refractivity contribution is 6.32. The molecule has 0 aliphatic rings. The highest BCUT2D eigenvalue weighted by atomic mass is 35.5. The van der Waals surface area contributed by atoms with E-state index in [0.29, 0.717) is 16.5 Å². The molecule has 0 aliphatic heterocycles. The maximum Gasteiger partial charge on any atom is 0.126 e. The second-order valence-electron chi connectivity index (χ2n) is 5.95. The Labute approximate surface area is 143 Å². The van der Waals surface area contributed by atoms with Crippen LogP contribution < -0.4 is 0 Å². The summed E-state index contributed by atoms with van der Waals surface area (Å²) in [7, 11) is 0. The van der Waals surface area contributed by atoms with Gasteiger partial charge in [-0.05, 0) is 53.6 Å². The van der Waals surface area contributed by atoms with Gasteiger partial charge < -0.3 is 0 Å². The molecule has 120 valence electrons. The second-order valence-corrected chi connectivity index (χ2v) is 6.77. The molecule has 2 rings (SSSR count). The summed E-state index contributed by atoms with van der Waals surface area (Å²) in [5, 5.41) is 1.51. The minimum absolute atomic E-state index is 0.176. The lowest BCUT2D eigenvalue weighted by molar-refractivity contribution is 0.598. The molecule has 0 spiro atoms. The van der Waals surface area contributed by atoms with Crippen LogP contribution in [0.5, 0.6) is 0 Å². The van der Waals surface area contributed by atoms with Crippen LogP contribution in [0.2, 0.25) is 10.0 Å². The Balaban J connectivity index is 0.000000220. The molecular weight excluding hydrogens is 318 g/mol. The Bertz CT molecular complexity index is 613. The number of hydrogen-bond acceptors (Lipinski definition) is 0. The van der Waals surface area contributed by atoms with Crippen LogP contribution in [0.3, 0.4) is 0 Å². The van der Waals surface area contributed by atoms with Gasteiger partial charge in [0.25, 0.3) is 0 Å². The largest absolute Gasteiger partial charge is 0.207 e. The predicted molar refractivity (Wildman–Crippen MR) is 95.8 cm³/mol. The van der Waals surface area contributed by atoms with Crippen LogP contribution in [0.4, 0.5) is 4.39 Å². The summed E-state index contributed by atoms with van der Waals surface area (Å²) in [4.78, 5) is 0. The zero-order chi connectivity index (χ0) is 16.9. The van der Waals surface area contributed by atoms with E-state index in [1.165, 1.54) is 11.6 Å². The normalized spacial score (nSPS) is 10.6. The smallest absolute Gasteiger partial charge is 0.126 e. The van der Waals surface area contributed by atoms with Crippen molar-refractivity contribution in [3.05, 3.63) is 69.0 Å². The predicted octanol–water partition coefficient (Wildman–Crippen LogP) is 7.37. The average molecular weight is 341 g/mol. The van der Waals surface area contributed by atoms with Crippen molar-refractivity contribution in [3.8, 4) is 0 Å². The molecule has 0 aliphatic carbocycles. The quantitative estimate of drug-likeness (QED) is 0.535. The highest BCUT2D eigenvalue weighted by Crippen LogP contribution is 2.26. The van der Waals surface area contributed by atoms with Crippen molar-refractivity contribution in [2.45, 2.75) is 46.5 Å². The van der Waals surface area contributed by atoms with E-state index in [-0.39, 0.29) is 11.7 Å². The molecule has 0 fully saturated rings. The van der Waals surface area contributed by atoms with Gasteiger partial charge in [-0.15, -0.1) is 0 Å². The van der Waals surface area contributed by atoms with Gasteiger partial charge in [0, 0.05) is 10.0 Å². The lowest BCUT2D eigenvalue weighted by Crippen LogP contribution is -1.91. The van der Waals surface area contributed by atoms with E-state index >= 15 is 0 Å². The van der Waals surface area contributed by atoms with E-state index in [1.807, 2.05) is 26.8 Å². The van der Waals surface area contributed by atoms with Gasteiger partial charge in [0.15, 0.2) is 0 Å². The molecule has 2 aromatic rings. The number of rotatable bonds is 2. The SMILES string of the molecule is CC(C)c1cc(Cl)ccc1F.Cc1cccc(C(C)C)c1Cl. The fraction of sp³-hybridized carbons (Fsp3) is 0.368. The monoisotopic (exact) mass is 340 g/mol. The van der Waals surface area contributed by atoms with Crippen molar-refractivity contribution < 1.29 is 4.39 Å². The minimum atomic E-state index is -0.176. The first kappa shape index (κ1) is 19.0. The Hall–Kier alpha value is -1.05. The third-order valence-electron chi connectivity index (χ3n) is 3.42. The summed E-state index contributed by atoms with van der Waals surface area (Å²) >= 11 is 11.8. The van der Waals surface area contributed by atoms with Crippen LogP contribution in [0.1, 0.15) is 56.2 Å². The molecule has 22 heavy (non-hydrogen) atoms. The molecule has 0 atom stereocenters. The third kappa shape index (κ3) is 5.30. The third-order valence-corrected chi connectivity index (χ3v) is 4.18. The van der Waals surface area contributed by atoms with Gasteiger partial charge in [-0.1, -0.05) is 69.1 Å². The van der Waals surface area contributed by atoms with E-state index in [1.54, 1.807) is 12.1 Å². The molecule has 0 heterocycles. The van der Waals surface area contributed by atoms with E-state index in [0.717, 1.165) is 10.6 Å². The maximum absolute atomic E-state index is 13.0. The first-order valence-corrected chi connectivity index (χ1v) is 8.19. The second kappa shape index (κ2) is 8.55. The Kier molecular flexibility index (Phi) is 7.38. The van der Waals surface area contributed by atoms with Gasteiger partial charge in [-0.3, -0.25) is 0 Å².